The third-order valence-corrected chi connectivity index (χ3v) is 3.88. The van der Waals surface area contributed by atoms with Crippen molar-refractivity contribution in [2.45, 2.75) is 19.9 Å². The van der Waals surface area contributed by atoms with Gasteiger partial charge in [0.05, 0.1) is 5.69 Å². The zero-order valence-electron chi connectivity index (χ0n) is 12.7. The maximum Gasteiger partial charge on any atom is 0.270 e. The fourth-order valence-corrected chi connectivity index (χ4v) is 2.61. The number of pyridine rings is 1. The number of rotatable bonds is 4. The SMILES string of the molecule is [B]c1ccc(CNC(=O)c2c(CC)nc3cc(Cl)ccn23)cc1. The summed E-state index contributed by atoms with van der Waals surface area (Å²) in [6.07, 6.45) is 2.44. The Bertz CT molecular complexity index is 858. The molecule has 114 valence electrons. The van der Waals surface area contributed by atoms with Gasteiger partial charge in [0.15, 0.2) is 0 Å². The van der Waals surface area contributed by atoms with Crippen molar-refractivity contribution < 1.29 is 4.79 Å². The molecule has 2 heterocycles. The number of carbonyl (C=O) groups is 1. The third kappa shape index (κ3) is 3.25. The molecule has 0 aliphatic carbocycles. The average Bonchev–Trinajstić information content (AvgIpc) is 2.91. The highest BCUT2D eigenvalue weighted by Gasteiger charge is 2.18. The van der Waals surface area contributed by atoms with Crippen molar-refractivity contribution in [2.75, 3.05) is 0 Å². The van der Waals surface area contributed by atoms with Crippen molar-refractivity contribution in [3.63, 3.8) is 0 Å². The fraction of sp³-hybridized carbons (Fsp3) is 0.176. The number of hydrogen-bond donors (Lipinski definition) is 1. The Labute approximate surface area is 140 Å². The number of hydrogen-bond acceptors (Lipinski definition) is 2. The highest BCUT2D eigenvalue weighted by molar-refractivity contribution is 6.32. The number of nitrogens with one attached hydrogen (secondary N) is 1. The quantitative estimate of drug-likeness (QED) is 0.749. The van der Waals surface area contributed by atoms with E-state index in [-0.39, 0.29) is 5.91 Å². The van der Waals surface area contributed by atoms with Gasteiger partial charge in [-0.1, -0.05) is 48.3 Å². The maximum atomic E-state index is 12.6. The third-order valence-electron chi connectivity index (χ3n) is 3.64. The van der Waals surface area contributed by atoms with Crippen molar-refractivity contribution >= 4 is 36.5 Å². The van der Waals surface area contributed by atoms with E-state index < -0.39 is 0 Å². The molecule has 0 spiro atoms. The molecule has 3 rings (SSSR count). The Morgan fingerprint density at radius 2 is 2.04 bits per heavy atom. The lowest BCUT2D eigenvalue weighted by Crippen LogP contribution is -2.25. The number of carbonyl (C=O) groups excluding carboxylic acids is 1. The van der Waals surface area contributed by atoms with Crippen molar-refractivity contribution in [3.8, 4) is 0 Å². The van der Waals surface area contributed by atoms with E-state index in [1.165, 1.54) is 0 Å². The number of halogens is 1. The van der Waals surface area contributed by atoms with E-state index in [0.717, 1.165) is 11.3 Å². The summed E-state index contributed by atoms with van der Waals surface area (Å²) in [4.78, 5) is 17.1. The summed E-state index contributed by atoms with van der Waals surface area (Å²) in [7, 11) is 5.66. The van der Waals surface area contributed by atoms with Crippen LogP contribution in [0.1, 0.15) is 28.7 Å². The van der Waals surface area contributed by atoms with Gasteiger partial charge >= 0.3 is 0 Å². The van der Waals surface area contributed by atoms with Gasteiger partial charge < -0.3 is 5.32 Å². The Hall–Kier alpha value is -2.27. The number of amides is 1. The van der Waals surface area contributed by atoms with Crippen LogP contribution in [-0.2, 0) is 13.0 Å². The van der Waals surface area contributed by atoms with E-state index in [2.05, 4.69) is 10.3 Å². The Balaban J connectivity index is 1.86. The molecule has 23 heavy (non-hydrogen) atoms. The van der Waals surface area contributed by atoms with Crippen LogP contribution in [0.25, 0.3) is 5.65 Å². The van der Waals surface area contributed by atoms with Crippen LogP contribution in [0.4, 0.5) is 0 Å². The Morgan fingerprint density at radius 1 is 1.30 bits per heavy atom. The highest BCUT2D eigenvalue weighted by atomic mass is 35.5. The molecule has 0 aliphatic rings. The second-order valence-electron chi connectivity index (χ2n) is 5.26. The van der Waals surface area contributed by atoms with Crippen LogP contribution >= 0.6 is 11.6 Å². The molecule has 0 atom stereocenters. The number of aromatic nitrogens is 2. The zero-order chi connectivity index (χ0) is 16.4. The average molecular weight is 324 g/mol. The van der Waals surface area contributed by atoms with Crippen LogP contribution in [0.3, 0.4) is 0 Å². The maximum absolute atomic E-state index is 12.6. The van der Waals surface area contributed by atoms with Gasteiger partial charge in [-0.3, -0.25) is 9.20 Å². The number of aryl methyl sites for hydroxylation is 1. The number of nitrogens with zero attached hydrogens (tertiary/aromatic N) is 2. The summed E-state index contributed by atoms with van der Waals surface area (Å²) in [5, 5.41) is 3.53. The predicted octanol–water partition coefficient (Wildman–Crippen LogP) is 2.27. The lowest BCUT2D eigenvalue weighted by Gasteiger charge is -2.07. The van der Waals surface area contributed by atoms with E-state index in [9.17, 15) is 4.79 Å². The van der Waals surface area contributed by atoms with E-state index in [4.69, 9.17) is 19.4 Å². The van der Waals surface area contributed by atoms with Crippen LogP contribution in [0.5, 0.6) is 0 Å². The first-order valence-corrected chi connectivity index (χ1v) is 7.75. The minimum Gasteiger partial charge on any atom is -0.347 e. The Kier molecular flexibility index (Phi) is 4.39. The molecule has 2 radical (unpaired) electrons. The van der Waals surface area contributed by atoms with Gasteiger partial charge in [-0.15, -0.1) is 0 Å². The minimum atomic E-state index is -0.159. The van der Waals surface area contributed by atoms with E-state index in [1.54, 1.807) is 22.7 Å². The van der Waals surface area contributed by atoms with Gasteiger partial charge in [0.25, 0.3) is 5.91 Å². The summed E-state index contributed by atoms with van der Waals surface area (Å²) in [5.74, 6) is -0.159. The lowest BCUT2D eigenvalue weighted by molar-refractivity contribution is 0.0944. The molecule has 1 N–H and O–H groups in total. The summed E-state index contributed by atoms with van der Waals surface area (Å²) in [6, 6.07) is 10.9. The molecule has 0 aliphatic heterocycles. The van der Waals surface area contributed by atoms with Crippen LogP contribution < -0.4 is 10.8 Å². The van der Waals surface area contributed by atoms with Gasteiger partial charge in [0.2, 0.25) is 0 Å². The van der Waals surface area contributed by atoms with Gasteiger partial charge in [0.1, 0.15) is 19.2 Å². The molecular weight excluding hydrogens is 308 g/mol. The molecule has 0 saturated heterocycles. The standard InChI is InChI=1S/C17H15BClN3O/c1-2-14-16(22-8-7-13(19)9-15(22)21-14)17(23)20-10-11-3-5-12(18)6-4-11/h3-9H,2,10H2,1H3,(H,20,23). The van der Waals surface area contributed by atoms with Crippen LogP contribution in [0.2, 0.25) is 5.02 Å². The molecule has 4 nitrogen and oxygen atoms in total. The van der Waals surface area contributed by atoms with Crippen molar-refractivity contribution in [3.05, 3.63) is 64.6 Å². The molecule has 1 amide bonds. The van der Waals surface area contributed by atoms with Crippen molar-refractivity contribution in [1.82, 2.24) is 14.7 Å². The Morgan fingerprint density at radius 3 is 2.74 bits per heavy atom. The summed E-state index contributed by atoms with van der Waals surface area (Å²) < 4.78 is 1.77. The van der Waals surface area contributed by atoms with Gasteiger partial charge in [-0.25, -0.2) is 4.98 Å². The molecule has 3 aromatic rings. The first kappa shape index (κ1) is 15.6. The smallest absolute Gasteiger partial charge is 0.270 e. The fourth-order valence-electron chi connectivity index (χ4n) is 2.46. The predicted molar refractivity (Wildman–Crippen MR) is 92.6 cm³/mol. The van der Waals surface area contributed by atoms with Crippen molar-refractivity contribution in [2.24, 2.45) is 0 Å². The second-order valence-corrected chi connectivity index (χ2v) is 5.69. The normalized spacial score (nSPS) is 10.9. The topological polar surface area (TPSA) is 46.4 Å². The first-order chi connectivity index (χ1) is 11.1. The second kappa shape index (κ2) is 6.46. The number of benzene rings is 1. The highest BCUT2D eigenvalue weighted by Crippen LogP contribution is 2.17. The zero-order valence-corrected chi connectivity index (χ0v) is 13.5. The number of fused-ring (bicyclic) bond motifs is 1. The molecular formula is C17H15BClN3O. The van der Waals surface area contributed by atoms with E-state index in [0.29, 0.717) is 34.8 Å². The molecule has 1 aromatic carbocycles. The molecule has 0 fully saturated rings. The van der Waals surface area contributed by atoms with Crippen molar-refractivity contribution in [1.29, 1.82) is 0 Å². The monoisotopic (exact) mass is 323 g/mol. The molecule has 0 unspecified atom stereocenters. The van der Waals surface area contributed by atoms with E-state index in [1.807, 2.05) is 31.2 Å². The lowest BCUT2D eigenvalue weighted by atomic mass is 9.95. The van der Waals surface area contributed by atoms with Gasteiger partial charge in [0, 0.05) is 23.8 Å². The van der Waals surface area contributed by atoms with Crippen LogP contribution in [-0.4, -0.2) is 23.1 Å². The van der Waals surface area contributed by atoms with Crippen LogP contribution in [0.15, 0.2) is 42.6 Å². The largest absolute Gasteiger partial charge is 0.347 e. The van der Waals surface area contributed by atoms with Gasteiger partial charge in [-0.2, -0.15) is 0 Å². The molecule has 0 saturated carbocycles. The van der Waals surface area contributed by atoms with Gasteiger partial charge in [-0.05, 0) is 18.1 Å². The molecule has 0 bridgehead atoms. The molecule has 2 aromatic heterocycles. The summed E-state index contributed by atoms with van der Waals surface area (Å²) in [5.41, 5.74) is 3.66. The first-order valence-electron chi connectivity index (χ1n) is 7.37. The summed E-state index contributed by atoms with van der Waals surface area (Å²) in [6.45, 7) is 2.41. The van der Waals surface area contributed by atoms with E-state index >= 15 is 0 Å². The number of imidazole rings is 1. The van der Waals surface area contributed by atoms with Crippen LogP contribution in [0, 0.1) is 0 Å². The minimum absolute atomic E-state index is 0.159. The molecule has 6 heteroatoms. The summed E-state index contributed by atoms with van der Waals surface area (Å²) >= 11 is 5.99.